The van der Waals surface area contributed by atoms with Gasteiger partial charge in [0.1, 0.15) is 0 Å². The highest BCUT2D eigenvalue weighted by atomic mass is 16.5. The van der Waals surface area contributed by atoms with Gasteiger partial charge in [0.15, 0.2) is 5.60 Å². The third-order valence-electron chi connectivity index (χ3n) is 4.21. The molecule has 0 amide bonds. The Kier molecular flexibility index (Phi) is 12.7. The molecule has 0 heterocycles. The zero-order chi connectivity index (χ0) is 20.0. The third kappa shape index (κ3) is 11.0. The van der Waals surface area contributed by atoms with E-state index in [9.17, 15) is 24.6 Å². The van der Waals surface area contributed by atoms with E-state index in [4.69, 9.17) is 14.9 Å². The van der Waals surface area contributed by atoms with Gasteiger partial charge in [0, 0.05) is 0 Å². The van der Waals surface area contributed by atoms with Gasteiger partial charge in [-0.1, -0.05) is 58.3 Å². The van der Waals surface area contributed by atoms with Crippen molar-refractivity contribution < 1.29 is 39.5 Å². The largest absolute Gasteiger partial charge is 0.481 e. The molecule has 0 aliphatic carbocycles. The normalized spacial score (nSPS) is 12.7. The molecular formula is C18H32O8. The molecule has 0 aromatic heterocycles. The average Bonchev–Trinajstić information content (AvgIpc) is 2.53. The van der Waals surface area contributed by atoms with Crippen LogP contribution in [0.25, 0.3) is 0 Å². The van der Waals surface area contributed by atoms with Gasteiger partial charge in [0.25, 0.3) is 0 Å². The summed E-state index contributed by atoms with van der Waals surface area (Å²) in [6, 6.07) is 0. The summed E-state index contributed by atoms with van der Waals surface area (Å²) >= 11 is 0. The van der Waals surface area contributed by atoms with Crippen molar-refractivity contribution in [2.75, 3.05) is 6.61 Å². The Hall–Kier alpha value is -1.67. The van der Waals surface area contributed by atoms with Crippen LogP contribution in [0.15, 0.2) is 0 Å². The third-order valence-corrected chi connectivity index (χ3v) is 4.21. The number of unbranched alkanes of at least 4 members (excludes halogenated alkanes) is 7. The standard InChI is InChI=1S/C18H32O8/c1-2-3-4-5-6-7-8-9-10-14(19)13-26-18(17(24)25,11-15(20)21)12-16(22)23/h14,19H,2-13H2,1H3,(H,20,21)(H,22,23)(H,24,25). The number of rotatable bonds is 17. The summed E-state index contributed by atoms with van der Waals surface area (Å²) in [5, 5.41) is 36.9. The second kappa shape index (κ2) is 13.5. The lowest BCUT2D eigenvalue weighted by molar-refractivity contribution is -0.182. The molecular weight excluding hydrogens is 344 g/mol. The summed E-state index contributed by atoms with van der Waals surface area (Å²) in [6.45, 7) is 1.75. The van der Waals surface area contributed by atoms with Crippen molar-refractivity contribution >= 4 is 17.9 Å². The maximum atomic E-state index is 11.4. The number of aliphatic hydroxyl groups excluding tert-OH is 1. The summed E-state index contributed by atoms with van der Waals surface area (Å²) in [5.74, 6) is -4.63. The fourth-order valence-electron chi connectivity index (χ4n) is 2.72. The summed E-state index contributed by atoms with van der Waals surface area (Å²) < 4.78 is 5.09. The van der Waals surface area contributed by atoms with E-state index in [-0.39, 0.29) is 0 Å². The molecule has 1 unspecified atom stereocenters. The Morgan fingerprint density at radius 1 is 0.846 bits per heavy atom. The topological polar surface area (TPSA) is 141 Å². The lowest BCUT2D eigenvalue weighted by Crippen LogP contribution is -2.47. The van der Waals surface area contributed by atoms with Crippen LogP contribution in [0, 0.1) is 0 Å². The van der Waals surface area contributed by atoms with Crippen LogP contribution in [-0.2, 0) is 19.1 Å². The fourth-order valence-corrected chi connectivity index (χ4v) is 2.72. The number of ether oxygens (including phenoxy) is 1. The molecule has 0 saturated carbocycles. The van der Waals surface area contributed by atoms with Crippen molar-refractivity contribution in [1.29, 1.82) is 0 Å². The SMILES string of the molecule is CCCCCCCCCCC(O)COC(CC(=O)O)(CC(=O)O)C(=O)O. The highest BCUT2D eigenvalue weighted by Crippen LogP contribution is 2.23. The molecule has 0 aliphatic heterocycles. The highest BCUT2D eigenvalue weighted by Gasteiger charge is 2.44. The Morgan fingerprint density at radius 3 is 1.73 bits per heavy atom. The maximum Gasteiger partial charge on any atom is 0.337 e. The van der Waals surface area contributed by atoms with Crippen molar-refractivity contribution in [2.45, 2.75) is 89.3 Å². The molecule has 0 aliphatic rings. The Labute approximate surface area is 154 Å². The second-order valence-corrected chi connectivity index (χ2v) is 6.67. The number of aliphatic carboxylic acids is 3. The molecule has 0 fully saturated rings. The van der Waals surface area contributed by atoms with E-state index in [0.29, 0.717) is 6.42 Å². The van der Waals surface area contributed by atoms with Gasteiger partial charge in [0.2, 0.25) is 0 Å². The van der Waals surface area contributed by atoms with Crippen LogP contribution >= 0.6 is 0 Å². The molecule has 152 valence electrons. The molecule has 0 spiro atoms. The minimum atomic E-state index is -2.38. The van der Waals surface area contributed by atoms with Crippen LogP contribution in [0.4, 0.5) is 0 Å². The van der Waals surface area contributed by atoms with Crippen molar-refractivity contribution in [1.82, 2.24) is 0 Å². The molecule has 1 atom stereocenters. The lowest BCUT2D eigenvalue weighted by atomic mass is 9.95. The minimum Gasteiger partial charge on any atom is -0.481 e. The van der Waals surface area contributed by atoms with Crippen LogP contribution < -0.4 is 0 Å². The van der Waals surface area contributed by atoms with Gasteiger partial charge in [-0.15, -0.1) is 0 Å². The molecule has 0 saturated heterocycles. The summed E-state index contributed by atoms with van der Waals surface area (Å²) in [5.41, 5.74) is -2.38. The number of hydrogen-bond donors (Lipinski definition) is 4. The zero-order valence-corrected chi connectivity index (χ0v) is 15.5. The van der Waals surface area contributed by atoms with E-state index in [2.05, 4.69) is 6.92 Å². The molecule has 0 radical (unpaired) electrons. The number of carboxylic acid groups (broad SMARTS) is 3. The zero-order valence-electron chi connectivity index (χ0n) is 15.5. The molecule has 8 heteroatoms. The van der Waals surface area contributed by atoms with Crippen LogP contribution in [0.1, 0.15) is 77.6 Å². The number of hydrogen-bond acceptors (Lipinski definition) is 5. The first-order valence-electron chi connectivity index (χ1n) is 9.22. The van der Waals surface area contributed by atoms with Crippen molar-refractivity contribution in [2.24, 2.45) is 0 Å². The quantitative estimate of drug-likeness (QED) is 0.284. The van der Waals surface area contributed by atoms with Crippen molar-refractivity contribution in [3.8, 4) is 0 Å². The Bertz CT molecular complexity index is 419. The molecule has 26 heavy (non-hydrogen) atoms. The van der Waals surface area contributed by atoms with E-state index in [1.807, 2.05) is 0 Å². The smallest absolute Gasteiger partial charge is 0.337 e. The summed E-state index contributed by atoms with van der Waals surface area (Å²) in [4.78, 5) is 33.1. The van der Waals surface area contributed by atoms with Gasteiger partial charge in [-0.2, -0.15) is 0 Å². The predicted octanol–water partition coefficient (Wildman–Crippen LogP) is 2.67. The van der Waals surface area contributed by atoms with Crippen LogP contribution in [0.2, 0.25) is 0 Å². The van der Waals surface area contributed by atoms with Crippen molar-refractivity contribution in [3.05, 3.63) is 0 Å². The van der Waals surface area contributed by atoms with E-state index < -0.39 is 49.1 Å². The van der Waals surface area contributed by atoms with Crippen LogP contribution in [0.3, 0.4) is 0 Å². The molecule has 0 aromatic rings. The van der Waals surface area contributed by atoms with Gasteiger partial charge in [0.05, 0.1) is 25.6 Å². The van der Waals surface area contributed by atoms with E-state index >= 15 is 0 Å². The molecule has 0 aromatic carbocycles. The second-order valence-electron chi connectivity index (χ2n) is 6.67. The van der Waals surface area contributed by atoms with Gasteiger partial charge in [-0.05, 0) is 6.42 Å². The summed E-state index contributed by atoms with van der Waals surface area (Å²) in [6.07, 6.45) is 6.23. The Morgan fingerprint density at radius 2 is 1.31 bits per heavy atom. The van der Waals surface area contributed by atoms with Gasteiger partial charge in [-0.3, -0.25) is 9.59 Å². The average molecular weight is 376 g/mol. The van der Waals surface area contributed by atoms with Gasteiger partial charge in [-0.25, -0.2) is 4.79 Å². The first kappa shape index (κ1) is 24.3. The fraction of sp³-hybridized carbons (Fsp3) is 0.833. The number of aliphatic hydroxyl groups is 1. The van der Waals surface area contributed by atoms with Crippen LogP contribution in [-0.4, -0.2) is 56.6 Å². The lowest BCUT2D eigenvalue weighted by Gasteiger charge is -2.27. The van der Waals surface area contributed by atoms with Gasteiger partial charge >= 0.3 is 17.9 Å². The molecule has 4 N–H and O–H groups in total. The first-order chi connectivity index (χ1) is 12.2. The van der Waals surface area contributed by atoms with Crippen molar-refractivity contribution in [3.63, 3.8) is 0 Å². The molecule has 8 nitrogen and oxygen atoms in total. The maximum absolute atomic E-state index is 11.4. The number of carboxylic acids is 3. The van der Waals surface area contributed by atoms with Crippen LogP contribution in [0.5, 0.6) is 0 Å². The molecule has 0 rings (SSSR count). The van der Waals surface area contributed by atoms with E-state index in [1.165, 1.54) is 25.7 Å². The number of carbonyl (C=O) groups is 3. The minimum absolute atomic E-state index is 0.394. The summed E-state index contributed by atoms with van der Waals surface area (Å²) in [7, 11) is 0. The first-order valence-corrected chi connectivity index (χ1v) is 9.22. The predicted molar refractivity (Wildman–Crippen MR) is 94.1 cm³/mol. The highest BCUT2D eigenvalue weighted by molar-refractivity contribution is 5.88. The van der Waals surface area contributed by atoms with E-state index in [0.717, 1.165) is 25.7 Å². The Balaban J connectivity index is 4.27. The van der Waals surface area contributed by atoms with E-state index in [1.54, 1.807) is 0 Å². The monoisotopic (exact) mass is 376 g/mol. The molecule has 0 bridgehead atoms. The van der Waals surface area contributed by atoms with Gasteiger partial charge < -0.3 is 25.2 Å².